The van der Waals surface area contributed by atoms with Crippen LogP contribution in [0.3, 0.4) is 0 Å². The first-order valence-corrected chi connectivity index (χ1v) is 7.82. The third-order valence-corrected chi connectivity index (χ3v) is 3.99. The largest absolute Gasteiger partial charge is 0.481 e. The molecule has 3 N–H and O–H groups in total. The zero-order chi connectivity index (χ0) is 15.0. The maximum atomic E-state index is 11.8. The normalized spacial score (nSPS) is 23.3. The number of carbonyl (C=O) groups excluding carboxylic acids is 1. The minimum absolute atomic E-state index is 0.00314. The van der Waals surface area contributed by atoms with Gasteiger partial charge in [0.15, 0.2) is 0 Å². The Hall–Kier alpha value is -1.26. The molecule has 1 unspecified atom stereocenters. The molecule has 0 aromatic rings. The van der Waals surface area contributed by atoms with Crippen molar-refractivity contribution < 1.29 is 14.7 Å². The number of aliphatic carboxylic acids is 1. The number of carboxylic acids is 1. The van der Waals surface area contributed by atoms with E-state index in [1.807, 2.05) is 6.92 Å². The fourth-order valence-electron chi connectivity index (χ4n) is 2.74. The molecule has 2 amide bonds. The topological polar surface area (TPSA) is 78.4 Å². The molecule has 1 saturated carbocycles. The molecule has 5 nitrogen and oxygen atoms in total. The molecule has 0 spiro atoms. The lowest BCUT2D eigenvalue weighted by Crippen LogP contribution is -2.44. The van der Waals surface area contributed by atoms with Gasteiger partial charge in [-0.25, -0.2) is 4.79 Å². The maximum Gasteiger partial charge on any atom is 0.315 e. The molecule has 0 aromatic heterocycles. The highest BCUT2D eigenvalue weighted by Gasteiger charge is 2.30. The third kappa shape index (κ3) is 6.26. The Morgan fingerprint density at radius 3 is 2.60 bits per heavy atom. The number of carboxylic acid groups (broad SMARTS) is 1. The van der Waals surface area contributed by atoms with Gasteiger partial charge in [0.25, 0.3) is 0 Å². The molecule has 1 aliphatic rings. The van der Waals surface area contributed by atoms with Crippen LogP contribution in [0.5, 0.6) is 0 Å². The molecule has 5 heteroatoms. The Labute approximate surface area is 121 Å². The lowest BCUT2D eigenvalue weighted by molar-refractivity contribution is -0.141. The summed E-state index contributed by atoms with van der Waals surface area (Å²) < 4.78 is 0. The van der Waals surface area contributed by atoms with Gasteiger partial charge < -0.3 is 15.7 Å². The molecule has 116 valence electrons. The van der Waals surface area contributed by atoms with Gasteiger partial charge in [-0.1, -0.05) is 32.6 Å². The molecule has 0 bridgehead atoms. The number of hydrogen-bond donors (Lipinski definition) is 3. The average Bonchev–Trinajstić information content (AvgIpc) is 2.83. The minimum atomic E-state index is -0.751. The Morgan fingerprint density at radius 1 is 1.25 bits per heavy atom. The predicted octanol–water partition coefficient (Wildman–Crippen LogP) is 2.90. The van der Waals surface area contributed by atoms with E-state index in [1.165, 1.54) is 19.3 Å². The standard InChI is InChI=1S/C15H28N2O3/c1-3-4-5-6-7-11(2)16-15(20)17-13-9-8-12(10-13)14(18)19/h11-13H,3-10H2,1-2H3,(H,18,19)(H2,16,17,20)/t11?,12-,13+/m1/s1. The molecule has 0 aromatic carbocycles. The second kappa shape index (κ2) is 8.82. The predicted molar refractivity (Wildman–Crippen MR) is 78.7 cm³/mol. The summed E-state index contributed by atoms with van der Waals surface area (Å²) in [6, 6.07) is 0.0101. The first kappa shape index (κ1) is 16.8. The van der Waals surface area contributed by atoms with Crippen molar-refractivity contribution in [2.24, 2.45) is 5.92 Å². The van der Waals surface area contributed by atoms with E-state index in [1.54, 1.807) is 0 Å². The number of hydrogen-bond acceptors (Lipinski definition) is 2. The monoisotopic (exact) mass is 284 g/mol. The van der Waals surface area contributed by atoms with Crippen molar-refractivity contribution in [2.75, 3.05) is 0 Å². The highest BCUT2D eigenvalue weighted by molar-refractivity contribution is 5.75. The molecular formula is C15H28N2O3. The van der Waals surface area contributed by atoms with Crippen molar-refractivity contribution in [3.05, 3.63) is 0 Å². The van der Waals surface area contributed by atoms with E-state index in [4.69, 9.17) is 5.11 Å². The van der Waals surface area contributed by atoms with Crippen LogP contribution in [0.1, 0.15) is 65.2 Å². The highest BCUT2D eigenvalue weighted by atomic mass is 16.4. The van der Waals surface area contributed by atoms with Crippen molar-refractivity contribution in [1.82, 2.24) is 10.6 Å². The van der Waals surface area contributed by atoms with Gasteiger partial charge in [0.1, 0.15) is 0 Å². The summed E-state index contributed by atoms with van der Waals surface area (Å²) in [6.45, 7) is 4.20. The van der Waals surface area contributed by atoms with Gasteiger partial charge >= 0.3 is 12.0 Å². The van der Waals surface area contributed by atoms with Crippen LogP contribution in [0, 0.1) is 5.92 Å². The zero-order valence-corrected chi connectivity index (χ0v) is 12.7. The van der Waals surface area contributed by atoms with Gasteiger partial charge in [-0.3, -0.25) is 4.79 Å². The van der Waals surface area contributed by atoms with Gasteiger partial charge in [0.05, 0.1) is 5.92 Å². The van der Waals surface area contributed by atoms with Gasteiger partial charge in [-0.2, -0.15) is 0 Å². The molecule has 0 heterocycles. The van der Waals surface area contributed by atoms with Crippen LogP contribution in [0.2, 0.25) is 0 Å². The first-order chi connectivity index (χ1) is 9.52. The van der Waals surface area contributed by atoms with Gasteiger partial charge in [-0.15, -0.1) is 0 Å². The lowest BCUT2D eigenvalue weighted by atomic mass is 10.1. The number of nitrogens with one attached hydrogen (secondary N) is 2. The summed E-state index contributed by atoms with van der Waals surface area (Å²) in [5.74, 6) is -1.05. The van der Waals surface area contributed by atoms with Crippen molar-refractivity contribution in [3.63, 3.8) is 0 Å². The summed E-state index contributed by atoms with van der Waals surface area (Å²) in [5, 5.41) is 14.7. The number of amides is 2. The molecule has 0 saturated heterocycles. The zero-order valence-electron chi connectivity index (χ0n) is 12.7. The minimum Gasteiger partial charge on any atom is -0.481 e. The van der Waals surface area contributed by atoms with E-state index in [2.05, 4.69) is 17.6 Å². The Balaban J connectivity index is 2.15. The van der Waals surface area contributed by atoms with Gasteiger partial charge in [0, 0.05) is 12.1 Å². The van der Waals surface area contributed by atoms with E-state index < -0.39 is 5.97 Å². The van der Waals surface area contributed by atoms with Crippen LogP contribution in [0.15, 0.2) is 0 Å². The van der Waals surface area contributed by atoms with Gasteiger partial charge in [-0.05, 0) is 32.6 Å². The van der Waals surface area contributed by atoms with Crippen LogP contribution in [-0.2, 0) is 4.79 Å². The first-order valence-electron chi connectivity index (χ1n) is 7.82. The molecule has 0 aliphatic heterocycles. The average molecular weight is 284 g/mol. The van der Waals surface area contributed by atoms with Crippen LogP contribution in [-0.4, -0.2) is 29.2 Å². The number of carbonyl (C=O) groups is 2. The molecular weight excluding hydrogens is 256 g/mol. The van der Waals surface area contributed by atoms with Gasteiger partial charge in [0.2, 0.25) is 0 Å². The quantitative estimate of drug-likeness (QED) is 0.600. The van der Waals surface area contributed by atoms with Crippen LogP contribution in [0.25, 0.3) is 0 Å². The second-order valence-electron chi connectivity index (χ2n) is 5.91. The molecule has 0 radical (unpaired) electrons. The van der Waals surface area contributed by atoms with E-state index in [0.29, 0.717) is 12.8 Å². The van der Waals surface area contributed by atoms with Crippen LogP contribution >= 0.6 is 0 Å². The van der Waals surface area contributed by atoms with Crippen LogP contribution < -0.4 is 10.6 Å². The molecule has 3 atom stereocenters. The Bertz CT molecular complexity index is 320. The Kier molecular flexibility index (Phi) is 7.41. The summed E-state index contributed by atoms with van der Waals surface area (Å²) in [7, 11) is 0. The van der Waals surface area contributed by atoms with Crippen LogP contribution in [0.4, 0.5) is 4.79 Å². The third-order valence-electron chi connectivity index (χ3n) is 3.99. The smallest absolute Gasteiger partial charge is 0.315 e. The van der Waals surface area contributed by atoms with E-state index in [-0.39, 0.29) is 24.0 Å². The molecule has 1 rings (SSSR count). The fourth-order valence-corrected chi connectivity index (χ4v) is 2.74. The van der Waals surface area contributed by atoms with E-state index >= 15 is 0 Å². The molecule has 1 aliphatic carbocycles. The Morgan fingerprint density at radius 2 is 2.00 bits per heavy atom. The highest BCUT2D eigenvalue weighted by Crippen LogP contribution is 2.25. The summed E-state index contributed by atoms with van der Waals surface area (Å²) in [5.41, 5.74) is 0. The molecule has 1 fully saturated rings. The fraction of sp³-hybridized carbons (Fsp3) is 0.867. The number of rotatable bonds is 8. The molecule has 20 heavy (non-hydrogen) atoms. The van der Waals surface area contributed by atoms with Crippen molar-refractivity contribution in [1.29, 1.82) is 0 Å². The summed E-state index contributed by atoms with van der Waals surface area (Å²) in [6.07, 6.45) is 7.78. The van der Waals surface area contributed by atoms with Crippen molar-refractivity contribution in [2.45, 2.75) is 77.3 Å². The van der Waals surface area contributed by atoms with E-state index in [9.17, 15) is 9.59 Å². The lowest BCUT2D eigenvalue weighted by Gasteiger charge is -2.17. The van der Waals surface area contributed by atoms with Crippen molar-refractivity contribution >= 4 is 12.0 Å². The number of urea groups is 1. The van der Waals surface area contributed by atoms with Crippen molar-refractivity contribution in [3.8, 4) is 0 Å². The van der Waals surface area contributed by atoms with E-state index in [0.717, 1.165) is 19.3 Å². The SMILES string of the molecule is CCCCCCC(C)NC(=O)N[C@H]1CC[C@@H](C(=O)O)C1. The summed E-state index contributed by atoms with van der Waals surface area (Å²) >= 11 is 0. The summed E-state index contributed by atoms with van der Waals surface area (Å²) in [4.78, 5) is 22.7. The maximum absolute atomic E-state index is 11.8. The second-order valence-corrected chi connectivity index (χ2v) is 5.91. The number of unbranched alkanes of at least 4 members (excludes halogenated alkanes) is 3.